The highest BCUT2D eigenvalue weighted by atomic mass is 35.5. The summed E-state index contributed by atoms with van der Waals surface area (Å²) in [6.45, 7) is 1.48. The van der Waals surface area contributed by atoms with Crippen LogP contribution in [0.4, 0.5) is 0 Å². The Kier molecular flexibility index (Phi) is 4.97. The van der Waals surface area contributed by atoms with E-state index in [-0.39, 0.29) is 5.91 Å². The van der Waals surface area contributed by atoms with Crippen LogP contribution in [0, 0.1) is 0 Å². The Bertz CT molecular complexity index is 878. The number of fused-ring (bicyclic) bond motifs is 1. The van der Waals surface area contributed by atoms with Crippen molar-refractivity contribution in [2.24, 2.45) is 0 Å². The molecule has 1 saturated heterocycles. The van der Waals surface area contributed by atoms with Crippen molar-refractivity contribution >= 4 is 50.8 Å². The van der Waals surface area contributed by atoms with Gasteiger partial charge in [0.2, 0.25) is 0 Å². The molecule has 3 aromatic rings. The van der Waals surface area contributed by atoms with Crippen LogP contribution >= 0.6 is 34.7 Å². The lowest BCUT2D eigenvalue weighted by Gasteiger charge is -2.19. The summed E-state index contributed by atoms with van der Waals surface area (Å²) in [4.78, 5) is 19.3. The number of rotatable bonds is 2. The number of hydrogen-bond donors (Lipinski definition) is 0. The first-order valence-corrected chi connectivity index (χ1v) is 10.5. The van der Waals surface area contributed by atoms with Gasteiger partial charge in [-0.1, -0.05) is 41.9 Å². The van der Waals surface area contributed by atoms with E-state index in [1.54, 1.807) is 0 Å². The first kappa shape index (κ1) is 16.9. The predicted octanol–water partition coefficient (Wildman–Crippen LogP) is 5.27. The van der Waals surface area contributed by atoms with E-state index in [2.05, 4.69) is 11.1 Å². The lowest BCUT2D eigenvalue weighted by molar-refractivity contribution is 0.0766. The summed E-state index contributed by atoms with van der Waals surface area (Å²) in [5, 5.41) is 1.73. The van der Waals surface area contributed by atoms with Gasteiger partial charge < -0.3 is 4.90 Å². The number of nitrogens with zero attached hydrogens (tertiary/aromatic N) is 2. The van der Waals surface area contributed by atoms with Gasteiger partial charge in [-0.3, -0.25) is 4.79 Å². The maximum Gasteiger partial charge on any atom is 0.282 e. The van der Waals surface area contributed by atoms with Crippen molar-refractivity contribution < 1.29 is 4.79 Å². The molecule has 2 heterocycles. The van der Waals surface area contributed by atoms with Crippen molar-refractivity contribution in [2.75, 3.05) is 18.8 Å². The highest BCUT2D eigenvalue weighted by Crippen LogP contribution is 2.38. The summed E-state index contributed by atoms with van der Waals surface area (Å²) in [5.41, 5.74) is 2.07. The smallest absolute Gasteiger partial charge is 0.282 e. The number of para-hydroxylation sites is 1. The Morgan fingerprint density at radius 3 is 2.76 bits per heavy atom. The fourth-order valence-corrected chi connectivity index (χ4v) is 5.59. The minimum atomic E-state index is 0.0432. The molecule has 0 aliphatic carbocycles. The highest BCUT2D eigenvalue weighted by molar-refractivity contribution is 7.99. The van der Waals surface area contributed by atoms with Crippen LogP contribution < -0.4 is 0 Å². The molecule has 0 bridgehead atoms. The second-order valence-electron chi connectivity index (χ2n) is 5.95. The molecular weight excluding hydrogens is 372 g/mol. The van der Waals surface area contributed by atoms with Gasteiger partial charge in [0.1, 0.15) is 0 Å². The van der Waals surface area contributed by atoms with E-state index < -0.39 is 0 Å². The van der Waals surface area contributed by atoms with Gasteiger partial charge in [-0.05, 0) is 30.2 Å². The van der Waals surface area contributed by atoms with E-state index in [4.69, 9.17) is 11.6 Å². The van der Waals surface area contributed by atoms with Crippen molar-refractivity contribution in [2.45, 2.75) is 11.7 Å². The zero-order valence-corrected chi connectivity index (χ0v) is 15.9. The van der Waals surface area contributed by atoms with E-state index >= 15 is 0 Å². The summed E-state index contributed by atoms with van der Waals surface area (Å²) >= 11 is 9.70. The number of halogens is 1. The van der Waals surface area contributed by atoms with Gasteiger partial charge in [-0.2, -0.15) is 11.8 Å². The topological polar surface area (TPSA) is 33.2 Å². The second kappa shape index (κ2) is 7.36. The Balaban J connectivity index is 1.50. The normalized spacial score (nSPS) is 18.3. The molecule has 2 aromatic carbocycles. The fourth-order valence-electron chi connectivity index (χ4n) is 3.06. The standard InChI is InChI=1S/C19H17ClN2OS2/c20-14-6-2-1-5-13(14)16-9-10-22(11-12-24-16)19(23)18-21-15-7-3-4-8-17(15)25-18/h1-8,16H,9-12H2. The molecule has 1 aliphatic heterocycles. The number of hydrogen-bond acceptors (Lipinski definition) is 4. The van der Waals surface area contributed by atoms with Crippen LogP contribution in [0.3, 0.4) is 0 Å². The molecule has 1 fully saturated rings. The zero-order chi connectivity index (χ0) is 17.2. The highest BCUT2D eigenvalue weighted by Gasteiger charge is 2.25. The molecule has 3 nitrogen and oxygen atoms in total. The van der Waals surface area contributed by atoms with Gasteiger partial charge in [0.05, 0.1) is 10.2 Å². The number of thioether (sulfide) groups is 1. The average Bonchev–Trinajstić information content (AvgIpc) is 2.92. The van der Waals surface area contributed by atoms with Crippen molar-refractivity contribution in [3.05, 3.63) is 64.1 Å². The van der Waals surface area contributed by atoms with Gasteiger partial charge in [0.15, 0.2) is 5.01 Å². The summed E-state index contributed by atoms with van der Waals surface area (Å²) in [6, 6.07) is 15.9. The van der Waals surface area contributed by atoms with E-state index in [9.17, 15) is 4.79 Å². The summed E-state index contributed by atoms with van der Waals surface area (Å²) in [5.74, 6) is 0.952. The third kappa shape index (κ3) is 3.54. The molecule has 0 radical (unpaired) electrons. The van der Waals surface area contributed by atoms with Gasteiger partial charge >= 0.3 is 0 Å². The Morgan fingerprint density at radius 1 is 1.12 bits per heavy atom. The van der Waals surface area contributed by atoms with Crippen LogP contribution in [0.5, 0.6) is 0 Å². The Labute approximate surface area is 160 Å². The van der Waals surface area contributed by atoms with Crippen LogP contribution in [0.15, 0.2) is 48.5 Å². The first-order chi connectivity index (χ1) is 12.2. The van der Waals surface area contributed by atoms with Crippen molar-refractivity contribution in [1.82, 2.24) is 9.88 Å². The summed E-state index contributed by atoms with van der Waals surface area (Å²) in [6.07, 6.45) is 0.908. The van der Waals surface area contributed by atoms with Gasteiger partial charge in [0, 0.05) is 29.1 Å². The van der Waals surface area contributed by atoms with Crippen LogP contribution in [0.1, 0.15) is 27.0 Å². The Hall–Kier alpha value is -1.56. The fraction of sp³-hybridized carbons (Fsp3) is 0.263. The minimum absolute atomic E-state index is 0.0432. The van der Waals surface area contributed by atoms with E-state index in [0.717, 1.165) is 40.5 Å². The molecule has 0 N–H and O–H groups in total. The third-order valence-corrected chi connectivity index (χ3v) is 7.04. The number of carbonyl (C=O) groups is 1. The average molecular weight is 389 g/mol. The quantitative estimate of drug-likeness (QED) is 0.599. The predicted molar refractivity (Wildman–Crippen MR) is 107 cm³/mol. The molecule has 1 amide bonds. The molecule has 0 spiro atoms. The van der Waals surface area contributed by atoms with Crippen LogP contribution in [-0.4, -0.2) is 34.6 Å². The monoisotopic (exact) mass is 388 g/mol. The molecule has 1 aromatic heterocycles. The molecule has 128 valence electrons. The lowest BCUT2D eigenvalue weighted by Crippen LogP contribution is -2.32. The van der Waals surface area contributed by atoms with E-state index in [1.165, 1.54) is 16.9 Å². The maximum absolute atomic E-state index is 12.9. The molecule has 6 heteroatoms. The third-order valence-electron chi connectivity index (χ3n) is 4.36. The van der Waals surface area contributed by atoms with Crippen LogP contribution in [0.2, 0.25) is 5.02 Å². The van der Waals surface area contributed by atoms with Gasteiger partial charge in [-0.25, -0.2) is 4.98 Å². The molecule has 25 heavy (non-hydrogen) atoms. The first-order valence-electron chi connectivity index (χ1n) is 8.23. The van der Waals surface area contributed by atoms with Crippen molar-refractivity contribution in [1.29, 1.82) is 0 Å². The van der Waals surface area contributed by atoms with Crippen LogP contribution in [0.25, 0.3) is 10.2 Å². The number of thiazole rings is 1. The SMILES string of the molecule is O=C(c1nc2ccccc2s1)N1CCSC(c2ccccc2Cl)CC1. The maximum atomic E-state index is 12.9. The zero-order valence-electron chi connectivity index (χ0n) is 13.5. The number of amides is 1. The van der Waals surface area contributed by atoms with Crippen LogP contribution in [-0.2, 0) is 0 Å². The molecule has 1 atom stereocenters. The number of benzene rings is 2. The Morgan fingerprint density at radius 2 is 1.92 bits per heavy atom. The summed E-state index contributed by atoms with van der Waals surface area (Å²) < 4.78 is 1.06. The molecule has 1 unspecified atom stereocenters. The molecular formula is C19H17ClN2OS2. The molecule has 4 rings (SSSR count). The van der Waals surface area contributed by atoms with Gasteiger partial charge in [0.25, 0.3) is 5.91 Å². The lowest BCUT2D eigenvalue weighted by atomic mass is 10.1. The molecule has 1 aliphatic rings. The minimum Gasteiger partial charge on any atom is -0.336 e. The second-order valence-corrected chi connectivity index (χ2v) is 8.70. The van der Waals surface area contributed by atoms with E-state index in [1.807, 2.05) is 59.1 Å². The van der Waals surface area contributed by atoms with E-state index in [0.29, 0.717) is 10.3 Å². The number of carbonyl (C=O) groups excluding carboxylic acids is 1. The molecule has 0 saturated carbocycles. The largest absolute Gasteiger partial charge is 0.336 e. The summed E-state index contributed by atoms with van der Waals surface area (Å²) in [7, 11) is 0. The number of aromatic nitrogens is 1. The van der Waals surface area contributed by atoms with Crippen molar-refractivity contribution in [3.63, 3.8) is 0 Å². The van der Waals surface area contributed by atoms with Gasteiger partial charge in [-0.15, -0.1) is 11.3 Å². The van der Waals surface area contributed by atoms with Crippen molar-refractivity contribution in [3.8, 4) is 0 Å².